The van der Waals surface area contributed by atoms with Gasteiger partial charge >= 0.3 is 0 Å². The van der Waals surface area contributed by atoms with Gasteiger partial charge in [-0.05, 0) is 63.3 Å². The summed E-state index contributed by atoms with van der Waals surface area (Å²) in [5, 5.41) is 7.40. The SMILES string of the molecule is CN(C)C1C(N(C)c2ccc(C(N)=O)c(Nc3cccc(-n4cccn4)c3)n2)CCCC1(F)F. The number of aromatic nitrogens is 3. The number of pyridine rings is 1. The Kier molecular flexibility index (Phi) is 6.52. The molecule has 180 valence electrons. The summed E-state index contributed by atoms with van der Waals surface area (Å²) in [5.74, 6) is -2.70. The van der Waals surface area contributed by atoms with E-state index in [2.05, 4.69) is 15.4 Å². The number of carbonyl (C=O) groups is 1. The molecule has 2 heterocycles. The van der Waals surface area contributed by atoms with Crippen molar-refractivity contribution in [2.75, 3.05) is 31.4 Å². The molecule has 1 saturated carbocycles. The maximum Gasteiger partial charge on any atom is 0.265 e. The summed E-state index contributed by atoms with van der Waals surface area (Å²) in [4.78, 5) is 20.1. The van der Waals surface area contributed by atoms with Gasteiger partial charge in [0, 0.05) is 31.5 Å². The van der Waals surface area contributed by atoms with Gasteiger partial charge in [0.25, 0.3) is 11.8 Å². The Bertz CT molecular complexity index is 1150. The van der Waals surface area contributed by atoms with Gasteiger partial charge in [0.1, 0.15) is 11.6 Å². The first-order valence-electron chi connectivity index (χ1n) is 11.1. The van der Waals surface area contributed by atoms with E-state index in [1.807, 2.05) is 36.5 Å². The molecule has 2 unspecified atom stereocenters. The fraction of sp³-hybridized carbons (Fsp3) is 0.375. The van der Waals surface area contributed by atoms with Crippen molar-refractivity contribution in [2.24, 2.45) is 5.73 Å². The Balaban J connectivity index is 1.66. The molecule has 1 aliphatic carbocycles. The fourth-order valence-electron chi connectivity index (χ4n) is 4.66. The van der Waals surface area contributed by atoms with Crippen LogP contribution in [0.1, 0.15) is 29.6 Å². The Morgan fingerprint density at radius 3 is 2.68 bits per heavy atom. The number of amides is 1. The van der Waals surface area contributed by atoms with Crippen LogP contribution in [-0.2, 0) is 0 Å². The number of benzene rings is 1. The third-order valence-corrected chi connectivity index (χ3v) is 6.25. The van der Waals surface area contributed by atoms with Gasteiger partial charge in [0.15, 0.2) is 0 Å². The lowest BCUT2D eigenvalue weighted by molar-refractivity contribution is -0.102. The molecular weight excluding hydrogens is 440 g/mol. The number of hydrogen-bond donors (Lipinski definition) is 2. The molecule has 1 aromatic carbocycles. The number of hydrogen-bond acceptors (Lipinski definition) is 6. The van der Waals surface area contributed by atoms with Gasteiger partial charge < -0.3 is 16.0 Å². The third-order valence-electron chi connectivity index (χ3n) is 6.25. The molecule has 4 rings (SSSR count). The largest absolute Gasteiger partial charge is 0.365 e. The molecule has 1 fully saturated rings. The molecule has 8 nitrogen and oxygen atoms in total. The van der Waals surface area contributed by atoms with Crippen molar-refractivity contribution in [1.82, 2.24) is 19.7 Å². The summed E-state index contributed by atoms with van der Waals surface area (Å²) in [6.07, 6.45) is 4.42. The van der Waals surface area contributed by atoms with E-state index in [4.69, 9.17) is 5.73 Å². The minimum Gasteiger partial charge on any atom is -0.365 e. The van der Waals surface area contributed by atoms with Crippen molar-refractivity contribution in [3.8, 4) is 5.69 Å². The number of rotatable bonds is 7. The second-order valence-electron chi connectivity index (χ2n) is 8.80. The molecule has 3 N–H and O–H groups in total. The number of halogens is 2. The van der Waals surface area contributed by atoms with E-state index in [9.17, 15) is 13.6 Å². The molecule has 1 amide bonds. The van der Waals surface area contributed by atoms with Crippen LogP contribution in [-0.4, -0.2) is 64.7 Å². The molecule has 34 heavy (non-hydrogen) atoms. The predicted octanol–water partition coefficient (Wildman–Crippen LogP) is 3.66. The van der Waals surface area contributed by atoms with Crippen LogP contribution in [0.5, 0.6) is 0 Å². The van der Waals surface area contributed by atoms with E-state index >= 15 is 0 Å². The molecule has 0 aliphatic heterocycles. The number of nitrogens with one attached hydrogen (secondary N) is 1. The van der Waals surface area contributed by atoms with Crippen LogP contribution in [0.25, 0.3) is 5.69 Å². The summed E-state index contributed by atoms with van der Waals surface area (Å²) in [6.45, 7) is 0. The molecule has 0 radical (unpaired) electrons. The lowest BCUT2D eigenvalue weighted by Crippen LogP contribution is -2.59. The molecule has 0 bridgehead atoms. The zero-order valence-corrected chi connectivity index (χ0v) is 19.4. The Morgan fingerprint density at radius 2 is 2.00 bits per heavy atom. The van der Waals surface area contributed by atoms with E-state index in [1.165, 1.54) is 0 Å². The zero-order valence-electron chi connectivity index (χ0n) is 19.4. The van der Waals surface area contributed by atoms with Crippen molar-refractivity contribution in [1.29, 1.82) is 0 Å². The van der Waals surface area contributed by atoms with Crippen LogP contribution in [0.3, 0.4) is 0 Å². The highest BCUT2D eigenvalue weighted by atomic mass is 19.3. The van der Waals surface area contributed by atoms with Crippen LogP contribution >= 0.6 is 0 Å². The molecule has 2 aromatic heterocycles. The summed E-state index contributed by atoms with van der Waals surface area (Å²) in [5.41, 5.74) is 7.30. The van der Waals surface area contributed by atoms with Crippen LogP contribution in [0.4, 0.5) is 26.1 Å². The van der Waals surface area contributed by atoms with E-state index in [0.29, 0.717) is 24.3 Å². The highest BCUT2D eigenvalue weighted by Gasteiger charge is 2.49. The second kappa shape index (κ2) is 9.38. The number of primary amides is 1. The van der Waals surface area contributed by atoms with Crippen molar-refractivity contribution in [3.63, 3.8) is 0 Å². The Hall–Kier alpha value is -3.53. The maximum absolute atomic E-state index is 14.8. The predicted molar refractivity (Wildman–Crippen MR) is 128 cm³/mol. The number of nitrogens with zero attached hydrogens (tertiary/aromatic N) is 5. The van der Waals surface area contributed by atoms with Gasteiger partial charge in [-0.25, -0.2) is 18.4 Å². The quantitative estimate of drug-likeness (QED) is 0.549. The first kappa shape index (κ1) is 23.6. The van der Waals surface area contributed by atoms with Gasteiger partial charge in [0.05, 0.1) is 23.3 Å². The average Bonchev–Trinajstić information content (AvgIpc) is 3.32. The zero-order chi connectivity index (χ0) is 24.5. The van der Waals surface area contributed by atoms with E-state index in [1.54, 1.807) is 54.0 Å². The van der Waals surface area contributed by atoms with E-state index in [0.717, 1.165) is 5.69 Å². The van der Waals surface area contributed by atoms with Crippen molar-refractivity contribution in [3.05, 3.63) is 60.4 Å². The minimum atomic E-state index is -2.80. The highest BCUT2D eigenvalue weighted by Crippen LogP contribution is 2.39. The third kappa shape index (κ3) is 4.72. The van der Waals surface area contributed by atoms with Crippen LogP contribution < -0.4 is 16.0 Å². The lowest BCUT2D eigenvalue weighted by atomic mass is 9.85. The Morgan fingerprint density at radius 1 is 1.21 bits per heavy atom. The summed E-state index contributed by atoms with van der Waals surface area (Å²) in [6, 6.07) is 11.1. The van der Waals surface area contributed by atoms with E-state index in [-0.39, 0.29) is 17.8 Å². The van der Waals surface area contributed by atoms with Gasteiger partial charge in [-0.2, -0.15) is 5.10 Å². The van der Waals surface area contributed by atoms with Gasteiger partial charge in [-0.1, -0.05) is 6.07 Å². The molecule has 1 aliphatic rings. The number of likely N-dealkylation sites (N-methyl/N-ethyl adjacent to an activating group) is 2. The van der Waals surface area contributed by atoms with Crippen molar-refractivity contribution >= 4 is 23.2 Å². The number of carbonyl (C=O) groups excluding carboxylic acids is 1. The van der Waals surface area contributed by atoms with Crippen LogP contribution in [0.15, 0.2) is 54.9 Å². The minimum absolute atomic E-state index is 0.131. The number of anilines is 3. The standard InChI is InChI=1S/C24H29F2N7O/c1-31(2)21-19(9-5-12-24(21,25)26)32(3)20-11-10-18(22(27)34)23(30-20)29-16-7-4-8-17(15-16)33-14-6-13-28-33/h4,6-8,10-11,13-15,19,21H,5,9,12H2,1-3H3,(H2,27,34)(H,29,30). The normalized spacial score (nSPS) is 19.7. The molecule has 0 spiro atoms. The number of nitrogens with two attached hydrogens (primary N) is 1. The molecule has 10 heteroatoms. The van der Waals surface area contributed by atoms with Gasteiger partial charge in [-0.15, -0.1) is 0 Å². The fourth-order valence-corrected chi connectivity index (χ4v) is 4.66. The average molecular weight is 470 g/mol. The van der Waals surface area contributed by atoms with Gasteiger partial charge in [-0.3, -0.25) is 9.69 Å². The molecular formula is C24H29F2N7O. The van der Waals surface area contributed by atoms with Gasteiger partial charge in [0.2, 0.25) is 0 Å². The molecule has 3 aromatic rings. The highest BCUT2D eigenvalue weighted by molar-refractivity contribution is 5.98. The summed E-state index contributed by atoms with van der Waals surface area (Å²) < 4.78 is 31.2. The van der Waals surface area contributed by atoms with Crippen molar-refractivity contribution in [2.45, 2.75) is 37.3 Å². The monoisotopic (exact) mass is 469 g/mol. The lowest BCUT2D eigenvalue weighted by Gasteiger charge is -2.45. The summed E-state index contributed by atoms with van der Waals surface area (Å²) >= 11 is 0. The van der Waals surface area contributed by atoms with Crippen LogP contribution in [0, 0.1) is 0 Å². The maximum atomic E-state index is 14.8. The second-order valence-corrected chi connectivity index (χ2v) is 8.80. The molecule has 0 saturated heterocycles. The topological polar surface area (TPSA) is 92.3 Å². The van der Waals surface area contributed by atoms with E-state index < -0.39 is 23.9 Å². The molecule has 2 atom stereocenters. The number of alkyl halides is 2. The smallest absolute Gasteiger partial charge is 0.265 e. The van der Waals surface area contributed by atoms with Crippen molar-refractivity contribution < 1.29 is 13.6 Å². The van der Waals surface area contributed by atoms with Crippen LogP contribution in [0.2, 0.25) is 0 Å². The Labute approximate surface area is 197 Å². The first-order chi connectivity index (χ1) is 16.2. The first-order valence-corrected chi connectivity index (χ1v) is 11.1. The summed E-state index contributed by atoms with van der Waals surface area (Å²) in [7, 11) is 5.11.